The predicted octanol–water partition coefficient (Wildman–Crippen LogP) is 4.61. The van der Waals surface area contributed by atoms with Crippen molar-refractivity contribution in [2.24, 2.45) is 4.99 Å². The van der Waals surface area contributed by atoms with E-state index in [1.807, 2.05) is 12.3 Å². The number of nitriles is 2. The second-order valence-electron chi connectivity index (χ2n) is 7.45. The molecule has 10 nitrogen and oxygen atoms in total. The number of fused-ring (bicyclic) bond motifs is 1. The maximum absolute atomic E-state index is 9.50. The number of nitrogens with one attached hydrogen (secondary N) is 2. The molecule has 36 heavy (non-hydrogen) atoms. The summed E-state index contributed by atoms with van der Waals surface area (Å²) in [4.78, 5) is 8.78. The van der Waals surface area contributed by atoms with E-state index in [9.17, 15) is 5.26 Å². The van der Waals surface area contributed by atoms with Crippen LogP contribution in [-0.4, -0.2) is 18.1 Å². The predicted molar refractivity (Wildman–Crippen MR) is 138 cm³/mol. The van der Waals surface area contributed by atoms with E-state index in [0.717, 1.165) is 0 Å². The van der Waals surface area contributed by atoms with Crippen LogP contribution in [0.3, 0.4) is 0 Å². The van der Waals surface area contributed by atoms with Crippen molar-refractivity contribution in [2.75, 3.05) is 23.9 Å². The maximum Gasteiger partial charge on any atom is 0.211 e. The number of methoxy groups -OCH3 is 1. The van der Waals surface area contributed by atoms with Gasteiger partial charge in [0.2, 0.25) is 5.96 Å². The largest absolute Gasteiger partial charge is 0.493 e. The van der Waals surface area contributed by atoms with Crippen molar-refractivity contribution in [3.63, 3.8) is 0 Å². The highest BCUT2D eigenvalue weighted by atomic mass is 35.5. The molecular weight excluding hydrogens is 527 g/mol. The highest BCUT2D eigenvalue weighted by Crippen LogP contribution is 2.42. The lowest BCUT2D eigenvalue weighted by molar-refractivity contribution is 0.284. The lowest BCUT2D eigenvalue weighted by Crippen LogP contribution is -2.32. The van der Waals surface area contributed by atoms with E-state index in [1.54, 1.807) is 30.3 Å². The molecule has 0 radical (unpaired) electrons. The molecule has 0 saturated heterocycles. The molecule has 4 rings (SSSR count). The second-order valence-corrected chi connectivity index (χ2v) is 8.70. The number of guanidine groups is 1. The molecule has 1 atom stereocenters. The molecule has 0 amide bonds. The molecule has 0 aliphatic carbocycles. The zero-order valence-electron chi connectivity index (χ0n) is 18.6. The molecule has 1 aliphatic rings. The Balaban J connectivity index is 1.73. The highest BCUT2D eigenvalue weighted by molar-refractivity contribution is 6.39. The number of nitrogen functional groups attached to an aromatic ring is 2. The topological polar surface area (TPSA) is 167 Å². The summed E-state index contributed by atoms with van der Waals surface area (Å²) in [6.45, 7) is 0.0663. The Morgan fingerprint density at radius 2 is 1.83 bits per heavy atom. The lowest BCUT2D eigenvalue weighted by Gasteiger charge is -2.26. The van der Waals surface area contributed by atoms with Crippen LogP contribution in [0.1, 0.15) is 28.3 Å². The van der Waals surface area contributed by atoms with Crippen LogP contribution in [0.25, 0.3) is 0 Å². The SMILES string of the molecule is COc1cc(C2N=C(NC#N)Nc3nc(N)c(C#N)c(N)c32)ccc1OCc1c(Cl)cc(Cl)cc1Cl. The van der Waals surface area contributed by atoms with E-state index in [1.165, 1.54) is 7.11 Å². The average molecular weight is 544 g/mol. The van der Waals surface area contributed by atoms with Crippen molar-refractivity contribution < 1.29 is 9.47 Å². The van der Waals surface area contributed by atoms with E-state index in [4.69, 9.17) is 61.0 Å². The number of nitrogens with zero attached hydrogens (tertiary/aromatic N) is 4. The van der Waals surface area contributed by atoms with Crippen LogP contribution < -0.4 is 31.6 Å². The quantitative estimate of drug-likeness (QED) is 0.265. The molecule has 0 bridgehead atoms. The first kappa shape index (κ1) is 25.0. The van der Waals surface area contributed by atoms with Crippen molar-refractivity contribution in [3.8, 4) is 23.8 Å². The standard InChI is InChI=1S/C23H17Cl3N8O2/c1-35-17-4-10(2-3-16(17)36-8-13-14(25)5-11(24)6-15(13)26)20-18-19(29)12(7-27)21(30)33-22(18)34-23(32-20)31-9-28/h2-6,20H,8H2,1H3,(H6,29,30,31,32,33,34). The third kappa shape index (κ3) is 4.70. The van der Waals surface area contributed by atoms with Gasteiger partial charge in [-0.05, 0) is 29.8 Å². The van der Waals surface area contributed by atoms with Crippen molar-refractivity contribution in [1.82, 2.24) is 10.3 Å². The summed E-state index contributed by atoms with van der Waals surface area (Å²) in [6.07, 6.45) is 1.81. The zero-order chi connectivity index (χ0) is 26.0. The van der Waals surface area contributed by atoms with E-state index >= 15 is 0 Å². The van der Waals surface area contributed by atoms with Crippen LogP contribution in [-0.2, 0) is 6.61 Å². The summed E-state index contributed by atoms with van der Waals surface area (Å²) in [5.41, 5.74) is 14.0. The molecule has 2 aromatic carbocycles. The van der Waals surface area contributed by atoms with Crippen LogP contribution in [0.15, 0.2) is 35.3 Å². The number of aliphatic imine (C=N–C) groups is 1. The lowest BCUT2D eigenvalue weighted by atomic mass is 9.95. The molecule has 3 aromatic rings. The number of benzene rings is 2. The van der Waals surface area contributed by atoms with Crippen molar-refractivity contribution in [3.05, 3.63) is 67.7 Å². The first-order valence-corrected chi connectivity index (χ1v) is 11.3. The molecule has 13 heteroatoms. The number of anilines is 3. The number of pyridine rings is 1. The van der Waals surface area contributed by atoms with Gasteiger partial charge < -0.3 is 26.3 Å². The highest BCUT2D eigenvalue weighted by Gasteiger charge is 2.30. The Hall–Kier alpha value is -4.09. The Kier molecular flexibility index (Phi) is 7.13. The van der Waals surface area contributed by atoms with E-state index in [2.05, 4.69) is 20.6 Å². The number of halogens is 3. The summed E-state index contributed by atoms with van der Waals surface area (Å²) >= 11 is 18.5. The molecule has 0 fully saturated rings. The fourth-order valence-electron chi connectivity index (χ4n) is 3.66. The fourth-order valence-corrected chi connectivity index (χ4v) is 4.58. The van der Waals surface area contributed by atoms with Crippen LogP contribution in [0, 0.1) is 22.8 Å². The second kappa shape index (κ2) is 10.3. The third-order valence-electron chi connectivity index (χ3n) is 5.34. The van der Waals surface area contributed by atoms with Crippen molar-refractivity contribution >= 4 is 58.1 Å². The number of hydrogen-bond acceptors (Lipinski definition) is 10. The van der Waals surface area contributed by atoms with E-state index in [0.29, 0.717) is 43.3 Å². The Morgan fingerprint density at radius 1 is 1.11 bits per heavy atom. The minimum atomic E-state index is -0.736. The van der Waals surface area contributed by atoms with Gasteiger partial charge in [0, 0.05) is 16.1 Å². The van der Waals surface area contributed by atoms with Gasteiger partial charge in [0.05, 0.1) is 22.8 Å². The summed E-state index contributed by atoms with van der Waals surface area (Å²) in [5, 5.41) is 25.1. The van der Waals surface area contributed by atoms with Gasteiger partial charge in [-0.25, -0.2) is 9.98 Å². The van der Waals surface area contributed by atoms with Gasteiger partial charge in [-0.15, -0.1) is 0 Å². The van der Waals surface area contributed by atoms with Gasteiger partial charge in [0.15, 0.2) is 17.7 Å². The van der Waals surface area contributed by atoms with Gasteiger partial charge in [0.25, 0.3) is 0 Å². The smallest absolute Gasteiger partial charge is 0.211 e. The Labute approximate surface area is 221 Å². The summed E-state index contributed by atoms with van der Waals surface area (Å²) in [5.74, 6) is 1.17. The van der Waals surface area contributed by atoms with Crippen LogP contribution in [0.2, 0.25) is 15.1 Å². The fraction of sp³-hybridized carbons (Fsp3) is 0.130. The number of ether oxygens (including phenoxy) is 2. The molecule has 6 N–H and O–H groups in total. The average Bonchev–Trinajstić information content (AvgIpc) is 2.83. The van der Waals surface area contributed by atoms with Gasteiger partial charge in [-0.2, -0.15) is 10.5 Å². The normalized spacial score (nSPS) is 13.9. The number of aromatic nitrogens is 1. The van der Waals surface area contributed by atoms with E-state index in [-0.39, 0.29) is 35.5 Å². The molecular formula is C23H17Cl3N8O2. The number of hydrogen-bond donors (Lipinski definition) is 4. The first-order chi connectivity index (χ1) is 17.3. The molecule has 182 valence electrons. The molecule has 1 aliphatic heterocycles. The molecule has 2 heterocycles. The minimum Gasteiger partial charge on any atom is -0.493 e. The summed E-state index contributed by atoms with van der Waals surface area (Å²) in [7, 11) is 1.49. The summed E-state index contributed by atoms with van der Waals surface area (Å²) in [6, 6.07) is 9.53. The molecule has 0 saturated carbocycles. The zero-order valence-corrected chi connectivity index (χ0v) is 20.8. The molecule has 1 aromatic heterocycles. The monoisotopic (exact) mass is 542 g/mol. The van der Waals surface area contributed by atoms with E-state index < -0.39 is 6.04 Å². The van der Waals surface area contributed by atoms with Gasteiger partial charge in [0.1, 0.15) is 35.9 Å². The van der Waals surface area contributed by atoms with Crippen LogP contribution in [0.4, 0.5) is 17.3 Å². The van der Waals surface area contributed by atoms with Crippen LogP contribution in [0.5, 0.6) is 11.5 Å². The van der Waals surface area contributed by atoms with Gasteiger partial charge in [-0.3, -0.25) is 5.32 Å². The van der Waals surface area contributed by atoms with Gasteiger partial charge in [-0.1, -0.05) is 40.9 Å². The van der Waals surface area contributed by atoms with Crippen LogP contribution >= 0.6 is 34.8 Å². The third-order valence-corrected chi connectivity index (χ3v) is 6.23. The van der Waals surface area contributed by atoms with Crippen molar-refractivity contribution in [2.45, 2.75) is 12.6 Å². The molecule has 0 spiro atoms. The Morgan fingerprint density at radius 3 is 2.47 bits per heavy atom. The van der Waals surface area contributed by atoms with Crippen molar-refractivity contribution in [1.29, 1.82) is 10.5 Å². The maximum atomic E-state index is 9.50. The number of rotatable bonds is 5. The number of nitrogens with two attached hydrogens (primary N) is 2. The molecule has 1 unspecified atom stereocenters. The Bertz CT molecular complexity index is 1460. The first-order valence-electron chi connectivity index (χ1n) is 10.2. The summed E-state index contributed by atoms with van der Waals surface area (Å²) < 4.78 is 11.5. The van der Waals surface area contributed by atoms with Gasteiger partial charge >= 0.3 is 0 Å². The minimum absolute atomic E-state index is 0.0380.